The van der Waals surface area contributed by atoms with Gasteiger partial charge in [0.05, 0.1) is 10.8 Å². The van der Waals surface area contributed by atoms with E-state index in [9.17, 15) is 14.9 Å². The van der Waals surface area contributed by atoms with Gasteiger partial charge in [-0.05, 0) is 13.3 Å². The van der Waals surface area contributed by atoms with Crippen molar-refractivity contribution in [3.05, 3.63) is 15.8 Å². The summed E-state index contributed by atoms with van der Waals surface area (Å²) in [6.07, 6.45) is 0.451. The summed E-state index contributed by atoms with van der Waals surface area (Å²) >= 11 is 0. The van der Waals surface area contributed by atoms with Crippen LogP contribution in [0.1, 0.15) is 19.0 Å². The molecular weight excluding hydrogens is 240 g/mol. The number of nitro groups is 1. The number of aryl methyl sites for hydroxylation is 2. The Kier molecular flexibility index (Phi) is 4.24. The van der Waals surface area contributed by atoms with Gasteiger partial charge in [0.2, 0.25) is 5.82 Å². The monoisotopic (exact) mass is 256 g/mol. The fourth-order valence-corrected chi connectivity index (χ4v) is 1.69. The average Bonchev–Trinajstić information content (AvgIpc) is 2.54. The highest BCUT2D eigenvalue weighted by atomic mass is 16.6. The highest BCUT2D eigenvalue weighted by Crippen LogP contribution is 2.27. The lowest BCUT2D eigenvalue weighted by Gasteiger charge is -2.11. The van der Waals surface area contributed by atoms with Gasteiger partial charge in [-0.25, -0.2) is 4.68 Å². The van der Waals surface area contributed by atoms with Crippen LogP contribution in [-0.2, 0) is 11.8 Å². The van der Waals surface area contributed by atoms with Gasteiger partial charge in [0.1, 0.15) is 5.69 Å². The molecule has 8 heteroatoms. The number of hydrogen-bond acceptors (Lipinski definition) is 5. The van der Waals surface area contributed by atoms with Crippen LogP contribution in [0.25, 0.3) is 0 Å². The number of hydrogen-bond donors (Lipinski definition) is 2. The first kappa shape index (κ1) is 13.9. The second kappa shape index (κ2) is 5.48. The molecule has 0 radical (unpaired) electrons. The summed E-state index contributed by atoms with van der Waals surface area (Å²) < 4.78 is 1.35. The SMILES string of the molecule is CCC(CNc1c([N+](=O)[O-])c(C)nn1C)C(=O)O. The second-order valence-corrected chi connectivity index (χ2v) is 3.99. The van der Waals surface area contributed by atoms with E-state index >= 15 is 0 Å². The molecule has 2 N–H and O–H groups in total. The minimum absolute atomic E-state index is 0.113. The highest BCUT2D eigenvalue weighted by Gasteiger charge is 2.25. The predicted octanol–water partition coefficient (Wildman–Crippen LogP) is 1.16. The van der Waals surface area contributed by atoms with Gasteiger partial charge >= 0.3 is 11.7 Å². The third-order valence-electron chi connectivity index (χ3n) is 2.73. The van der Waals surface area contributed by atoms with E-state index < -0.39 is 16.8 Å². The first-order chi connectivity index (χ1) is 8.38. The Hall–Kier alpha value is -2.12. The van der Waals surface area contributed by atoms with Crippen LogP contribution in [0, 0.1) is 23.0 Å². The molecule has 1 heterocycles. The van der Waals surface area contributed by atoms with Gasteiger partial charge in [0.25, 0.3) is 0 Å². The molecule has 100 valence electrons. The van der Waals surface area contributed by atoms with E-state index in [1.54, 1.807) is 14.0 Å². The molecular formula is C10H16N4O4. The first-order valence-electron chi connectivity index (χ1n) is 5.53. The molecule has 8 nitrogen and oxygen atoms in total. The molecule has 0 saturated heterocycles. The molecule has 0 fully saturated rings. The van der Waals surface area contributed by atoms with Crippen molar-refractivity contribution >= 4 is 17.5 Å². The summed E-state index contributed by atoms with van der Waals surface area (Å²) in [5.41, 5.74) is 0.186. The second-order valence-electron chi connectivity index (χ2n) is 3.99. The smallest absolute Gasteiger partial charge is 0.333 e. The Morgan fingerprint density at radius 2 is 2.28 bits per heavy atom. The molecule has 0 amide bonds. The normalized spacial score (nSPS) is 12.2. The van der Waals surface area contributed by atoms with Crippen molar-refractivity contribution < 1.29 is 14.8 Å². The van der Waals surface area contributed by atoms with Crippen LogP contribution in [0.2, 0.25) is 0 Å². The molecule has 0 bridgehead atoms. The fourth-order valence-electron chi connectivity index (χ4n) is 1.69. The molecule has 0 spiro atoms. The number of carboxylic acids is 1. The third kappa shape index (κ3) is 2.76. The van der Waals surface area contributed by atoms with Gasteiger partial charge in [0.15, 0.2) is 0 Å². The van der Waals surface area contributed by atoms with E-state index in [4.69, 9.17) is 5.11 Å². The molecule has 0 aromatic carbocycles. The van der Waals surface area contributed by atoms with Crippen molar-refractivity contribution in [2.24, 2.45) is 13.0 Å². The minimum atomic E-state index is -0.924. The number of anilines is 1. The topological polar surface area (TPSA) is 110 Å². The summed E-state index contributed by atoms with van der Waals surface area (Å²) in [7, 11) is 1.57. The molecule has 1 atom stereocenters. The Balaban J connectivity index is 2.91. The molecule has 1 unspecified atom stereocenters. The maximum atomic E-state index is 10.9. The maximum absolute atomic E-state index is 10.9. The van der Waals surface area contributed by atoms with Crippen molar-refractivity contribution in [3.63, 3.8) is 0 Å². The Bertz CT molecular complexity index is 469. The van der Waals surface area contributed by atoms with Crippen LogP contribution >= 0.6 is 0 Å². The third-order valence-corrected chi connectivity index (χ3v) is 2.73. The zero-order chi connectivity index (χ0) is 13.9. The standard InChI is InChI=1S/C10H16N4O4/c1-4-7(10(15)16)5-11-9-8(14(17)18)6(2)12-13(9)3/h7,11H,4-5H2,1-3H3,(H,15,16). The van der Waals surface area contributed by atoms with Crippen LogP contribution in [0.15, 0.2) is 0 Å². The van der Waals surface area contributed by atoms with E-state index in [1.807, 2.05) is 0 Å². The summed E-state index contributed by atoms with van der Waals surface area (Å²) in [5.74, 6) is -1.27. The Morgan fingerprint density at radius 1 is 1.67 bits per heavy atom. The molecule has 0 aliphatic rings. The van der Waals surface area contributed by atoms with E-state index in [-0.39, 0.29) is 18.1 Å². The van der Waals surface area contributed by atoms with Crippen molar-refractivity contribution in [3.8, 4) is 0 Å². The first-order valence-corrected chi connectivity index (χ1v) is 5.53. The molecule has 0 aliphatic carbocycles. The van der Waals surface area contributed by atoms with E-state index in [0.717, 1.165) is 0 Å². The zero-order valence-electron chi connectivity index (χ0n) is 10.5. The van der Waals surface area contributed by atoms with Crippen LogP contribution < -0.4 is 5.32 Å². The van der Waals surface area contributed by atoms with Gasteiger partial charge < -0.3 is 10.4 Å². The minimum Gasteiger partial charge on any atom is -0.481 e. The van der Waals surface area contributed by atoms with Crippen LogP contribution in [-0.4, -0.2) is 32.3 Å². The quantitative estimate of drug-likeness (QED) is 0.583. The maximum Gasteiger partial charge on any atom is 0.333 e. The molecule has 0 saturated carbocycles. The Labute approximate surface area is 104 Å². The lowest BCUT2D eigenvalue weighted by molar-refractivity contribution is -0.384. The fraction of sp³-hybridized carbons (Fsp3) is 0.600. The zero-order valence-corrected chi connectivity index (χ0v) is 10.5. The van der Waals surface area contributed by atoms with Gasteiger partial charge in [-0.1, -0.05) is 6.92 Å². The van der Waals surface area contributed by atoms with E-state index in [2.05, 4.69) is 10.4 Å². The number of carbonyl (C=O) groups is 1. The largest absolute Gasteiger partial charge is 0.481 e. The predicted molar refractivity (Wildman–Crippen MR) is 64.5 cm³/mol. The van der Waals surface area contributed by atoms with Gasteiger partial charge in [-0.2, -0.15) is 5.10 Å². The molecule has 1 aromatic heterocycles. The van der Waals surface area contributed by atoms with Crippen LogP contribution in [0.5, 0.6) is 0 Å². The molecule has 18 heavy (non-hydrogen) atoms. The Morgan fingerprint density at radius 3 is 2.72 bits per heavy atom. The number of rotatable bonds is 6. The van der Waals surface area contributed by atoms with Crippen LogP contribution in [0.3, 0.4) is 0 Å². The van der Waals surface area contributed by atoms with E-state index in [1.165, 1.54) is 11.6 Å². The summed E-state index contributed by atoms with van der Waals surface area (Å²) in [4.78, 5) is 21.2. The number of aliphatic carboxylic acids is 1. The number of aromatic nitrogens is 2. The molecule has 1 rings (SSSR count). The average molecular weight is 256 g/mol. The van der Waals surface area contributed by atoms with Crippen LogP contribution in [0.4, 0.5) is 11.5 Å². The van der Waals surface area contributed by atoms with Gasteiger partial charge in [-0.15, -0.1) is 0 Å². The highest BCUT2D eigenvalue weighted by molar-refractivity contribution is 5.71. The van der Waals surface area contributed by atoms with Gasteiger partial charge in [-0.3, -0.25) is 14.9 Å². The van der Waals surface area contributed by atoms with Crippen molar-refractivity contribution in [2.45, 2.75) is 20.3 Å². The lowest BCUT2D eigenvalue weighted by atomic mass is 10.1. The number of carboxylic acid groups (broad SMARTS) is 1. The summed E-state index contributed by atoms with van der Waals surface area (Å²) in [6.45, 7) is 3.42. The molecule has 0 aliphatic heterocycles. The van der Waals surface area contributed by atoms with Crippen molar-refractivity contribution in [1.82, 2.24) is 9.78 Å². The lowest BCUT2D eigenvalue weighted by Crippen LogP contribution is -2.23. The summed E-state index contributed by atoms with van der Waals surface area (Å²) in [5, 5.41) is 26.5. The van der Waals surface area contributed by atoms with Crippen molar-refractivity contribution in [2.75, 3.05) is 11.9 Å². The van der Waals surface area contributed by atoms with Crippen molar-refractivity contribution in [1.29, 1.82) is 0 Å². The number of nitrogens with one attached hydrogen (secondary N) is 1. The van der Waals surface area contributed by atoms with E-state index in [0.29, 0.717) is 12.1 Å². The molecule has 1 aromatic rings. The summed E-state index contributed by atoms with van der Waals surface area (Å²) in [6, 6.07) is 0. The van der Waals surface area contributed by atoms with Gasteiger partial charge in [0, 0.05) is 13.6 Å². The number of nitrogens with zero attached hydrogens (tertiary/aromatic N) is 3.